The van der Waals surface area contributed by atoms with Gasteiger partial charge in [-0.25, -0.2) is 0 Å². The van der Waals surface area contributed by atoms with E-state index in [0.29, 0.717) is 19.1 Å². The van der Waals surface area contributed by atoms with Crippen molar-refractivity contribution in [3.63, 3.8) is 0 Å². The molecule has 4 aromatic rings. The molecular weight excluding hydrogens is 408 g/mol. The highest BCUT2D eigenvalue weighted by molar-refractivity contribution is 6.07. The molecule has 0 amide bonds. The van der Waals surface area contributed by atoms with Crippen LogP contribution in [0.25, 0.3) is 21.5 Å². The first-order chi connectivity index (χ1) is 16.0. The smallest absolute Gasteiger partial charge is 0.197 e. The Hall–Kier alpha value is -2.88. The van der Waals surface area contributed by atoms with Gasteiger partial charge < -0.3 is 14.2 Å². The van der Waals surface area contributed by atoms with Gasteiger partial charge in [0.1, 0.15) is 5.75 Å². The fourth-order valence-electron chi connectivity index (χ4n) is 4.16. The first kappa shape index (κ1) is 23.3. The van der Waals surface area contributed by atoms with Gasteiger partial charge in [0, 0.05) is 0 Å². The Kier molecular flexibility index (Phi) is 7.64. The van der Waals surface area contributed by atoms with Crippen molar-refractivity contribution in [3.05, 3.63) is 90.0 Å². The van der Waals surface area contributed by atoms with Gasteiger partial charge in [0.15, 0.2) is 6.29 Å². The molecule has 0 N–H and O–H groups in total. The van der Waals surface area contributed by atoms with Crippen molar-refractivity contribution in [2.45, 2.75) is 52.4 Å². The summed E-state index contributed by atoms with van der Waals surface area (Å²) >= 11 is 0. The first-order valence-corrected chi connectivity index (χ1v) is 12.0. The van der Waals surface area contributed by atoms with Crippen LogP contribution in [0.15, 0.2) is 78.9 Å². The van der Waals surface area contributed by atoms with E-state index in [1.807, 2.05) is 19.1 Å². The summed E-state index contributed by atoms with van der Waals surface area (Å²) in [7, 11) is 0. The number of benzene rings is 4. The van der Waals surface area contributed by atoms with Crippen molar-refractivity contribution in [1.29, 1.82) is 0 Å². The van der Waals surface area contributed by atoms with Crippen molar-refractivity contribution < 1.29 is 14.2 Å². The minimum absolute atomic E-state index is 0.00575. The lowest BCUT2D eigenvalue weighted by atomic mass is 9.99. The molecule has 4 rings (SSSR count). The number of ether oxygens (including phenoxy) is 3. The fraction of sp³-hybridized carbons (Fsp3) is 0.333. The fourth-order valence-corrected chi connectivity index (χ4v) is 4.16. The third-order valence-electron chi connectivity index (χ3n) is 6.41. The lowest BCUT2D eigenvalue weighted by molar-refractivity contribution is -0.0903. The van der Waals surface area contributed by atoms with Crippen LogP contribution in [0, 0.1) is 0 Å². The molecule has 0 fully saturated rings. The van der Waals surface area contributed by atoms with Crippen LogP contribution in [0.2, 0.25) is 0 Å². The Bertz CT molecular complexity index is 1180. The van der Waals surface area contributed by atoms with Gasteiger partial charge in [-0.15, -0.1) is 0 Å². The van der Waals surface area contributed by atoms with E-state index >= 15 is 0 Å². The molecule has 0 radical (unpaired) electrons. The summed E-state index contributed by atoms with van der Waals surface area (Å²) in [6.07, 6.45) is 0.801. The summed E-state index contributed by atoms with van der Waals surface area (Å²) in [5.74, 6) is 1.39. The van der Waals surface area contributed by atoms with Gasteiger partial charge in [-0.1, -0.05) is 74.5 Å². The molecule has 0 heterocycles. The summed E-state index contributed by atoms with van der Waals surface area (Å²) in [5.41, 5.74) is 2.51. The molecule has 172 valence electrons. The van der Waals surface area contributed by atoms with Crippen molar-refractivity contribution in [3.8, 4) is 5.75 Å². The molecule has 0 aromatic heterocycles. The van der Waals surface area contributed by atoms with Crippen LogP contribution in [0.3, 0.4) is 0 Å². The van der Waals surface area contributed by atoms with Crippen molar-refractivity contribution in [2.24, 2.45) is 0 Å². The zero-order valence-corrected chi connectivity index (χ0v) is 20.1. The van der Waals surface area contributed by atoms with Crippen LogP contribution in [-0.2, 0) is 9.47 Å². The van der Waals surface area contributed by atoms with Crippen LogP contribution in [0.1, 0.15) is 57.3 Å². The van der Waals surface area contributed by atoms with E-state index < -0.39 is 0 Å². The zero-order chi connectivity index (χ0) is 23.2. The largest absolute Gasteiger partial charge is 0.465 e. The van der Waals surface area contributed by atoms with Crippen molar-refractivity contribution >= 4 is 21.5 Å². The Balaban J connectivity index is 1.26. The third-order valence-corrected chi connectivity index (χ3v) is 6.41. The summed E-state index contributed by atoms with van der Waals surface area (Å²) in [6, 6.07) is 27.8. The van der Waals surface area contributed by atoms with E-state index in [2.05, 4.69) is 87.5 Å². The molecule has 0 spiro atoms. The molecule has 3 nitrogen and oxygen atoms in total. The summed E-state index contributed by atoms with van der Waals surface area (Å²) in [4.78, 5) is 0. The van der Waals surface area contributed by atoms with Gasteiger partial charge in [-0.05, 0) is 77.1 Å². The molecule has 0 saturated heterocycles. The Morgan fingerprint density at radius 1 is 0.667 bits per heavy atom. The predicted octanol–water partition coefficient (Wildman–Crippen LogP) is 8.03. The number of hydrogen-bond acceptors (Lipinski definition) is 3. The normalized spacial score (nSPS) is 14.3. The maximum Gasteiger partial charge on any atom is 0.197 e. The predicted molar refractivity (Wildman–Crippen MR) is 137 cm³/mol. The van der Waals surface area contributed by atoms with E-state index in [-0.39, 0.29) is 12.4 Å². The number of rotatable bonds is 10. The van der Waals surface area contributed by atoms with Crippen LogP contribution in [0.5, 0.6) is 5.75 Å². The highest BCUT2D eigenvalue weighted by Gasteiger charge is 2.10. The van der Waals surface area contributed by atoms with Crippen molar-refractivity contribution in [2.75, 3.05) is 13.2 Å². The molecule has 0 aliphatic rings. The Morgan fingerprint density at radius 2 is 1.33 bits per heavy atom. The summed E-state index contributed by atoms with van der Waals surface area (Å²) in [5, 5.41) is 5.06. The van der Waals surface area contributed by atoms with Crippen LogP contribution < -0.4 is 4.74 Å². The summed E-state index contributed by atoms with van der Waals surface area (Å²) < 4.78 is 17.7. The van der Waals surface area contributed by atoms with Crippen LogP contribution in [-0.4, -0.2) is 19.5 Å². The quantitative estimate of drug-likeness (QED) is 0.141. The molecule has 0 aliphatic carbocycles. The lowest BCUT2D eigenvalue weighted by Gasteiger charge is -2.18. The van der Waals surface area contributed by atoms with Gasteiger partial charge in [0.25, 0.3) is 0 Å². The minimum Gasteiger partial charge on any atom is -0.465 e. The molecular formula is C30H34O3. The molecule has 0 bridgehead atoms. The second kappa shape index (κ2) is 10.8. The van der Waals surface area contributed by atoms with Crippen molar-refractivity contribution in [1.82, 2.24) is 0 Å². The van der Waals surface area contributed by atoms with Gasteiger partial charge in [-0.2, -0.15) is 0 Å². The van der Waals surface area contributed by atoms with E-state index in [1.54, 1.807) is 0 Å². The maximum absolute atomic E-state index is 6.04. The highest BCUT2D eigenvalue weighted by Crippen LogP contribution is 2.28. The molecule has 3 unspecified atom stereocenters. The Labute approximate surface area is 197 Å². The minimum atomic E-state index is -0.327. The highest BCUT2D eigenvalue weighted by atomic mass is 16.7. The van der Waals surface area contributed by atoms with Gasteiger partial charge >= 0.3 is 0 Å². The van der Waals surface area contributed by atoms with E-state index in [0.717, 1.165) is 12.2 Å². The van der Waals surface area contributed by atoms with Gasteiger partial charge in [0.2, 0.25) is 0 Å². The number of fused-ring (bicyclic) bond motifs is 3. The Morgan fingerprint density at radius 3 is 2.12 bits per heavy atom. The van der Waals surface area contributed by atoms with E-state index in [4.69, 9.17) is 14.2 Å². The number of hydrogen-bond donors (Lipinski definition) is 0. The topological polar surface area (TPSA) is 27.7 Å². The van der Waals surface area contributed by atoms with Gasteiger partial charge in [-0.3, -0.25) is 0 Å². The molecule has 3 heteroatoms. The monoisotopic (exact) mass is 442 g/mol. The van der Waals surface area contributed by atoms with Crippen LogP contribution in [0.4, 0.5) is 0 Å². The summed E-state index contributed by atoms with van der Waals surface area (Å²) in [6.45, 7) is 9.44. The standard InChI is InChI=1S/C30H34O3/c1-5-21(2)24-12-15-28(16-13-24)33-23(4)32-19-18-31-22(3)26-14-17-30-27(20-26)11-10-25-8-6-7-9-29(25)30/h6-17,20-23H,5,18-19H2,1-4H3. The zero-order valence-electron chi connectivity index (χ0n) is 20.1. The molecule has 3 atom stereocenters. The maximum atomic E-state index is 6.04. The lowest BCUT2D eigenvalue weighted by Crippen LogP contribution is -2.19. The molecule has 0 aliphatic heterocycles. The van der Waals surface area contributed by atoms with Gasteiger partial charge in [0.05, 0.1) is 19.3 Å². The first-order valence-electron chi connectivity index (χ1n) is 12.0. The second-order valence-corrected chi connectivity index (χ2v) is 8.71. The SMILES string of the molecule is CCC(C)c1ccc(OC(C)OCCOC(C)c2ccc3c(ccc4ccccc43)c2)cc1. The average Bonchev–Trinajstić information content (AvgIpc) is 2.86. The average molecular weight is 443 g/mol. The molecule has 4 aromatic carbocycles. The second-order valence-electron chi connectivity index (χ2n) is 8.71. The molecule has 0 saturated carbocycles. The molecule has 33 heavy (non-hydrogen) atoms. The third kappa shape index (κ3) is 5.73. The van der Waals surface area contributed by atoms with E-state index in [1.165, 1.54) is 32.7 Å². The van der Waals surface area contributed by atoms with E-state index in [9.17, 15) is 0 Å². The van der Waals surface area contributed by atoms with Crippen LogP contribution >= 0.6 is 0 Å².